The van der Waals surface area contributed by atoms with E-state index in [1.54, 1.807) is 18.2 Å². The molecule has 0 atom stereocenters. The minimum Gasteiger partial charge on any atom is -0.212 e. The number of hydrogen-bond donors (Lipinski definition) is 1. The highest BCUT2D eigenvalue weighted by molar-refractivity contribution is 7.89. The molecule has 0 aliphatic rings. The van der Waals surface area contributed by atoms with Crippen molar-refractivity contribution in [3.05, 3.63) is 34.9 Å². The number of benzene rings is 1. The maximum atomic E-state index is 11.6. The molecule has 6 heteroatoms. The van der Waals surface area contributed by atoms with Crippen LogP contribution in [0.2, 0.25) is 5.02 Å². The van der Waals surface area contributed by atoms with Gasteiger partial charge in [0.2, 0.25) is 10.0 Å². The van der Waals surface area contributed by atoms with Gasteiger partial charge in [0.15, 0.2) is 0 Å². The molecule has 1 rings (SSSR count). The molecule has 0 saturated carbocycles. The van der Waals surface area contributed by atoms with Gasteiger partial charge in [0, 0.05) is 17.4 Å². The molecule has 1 aromatic carbocycles. The smallest absolute Gasteiger partial charge is 0.211 e. The lowest BCUT2D eigenvalue weighted by Crippen LogP contribution is -2.26. The average molecular weight is 296 g/mol. The van der Waals surface area contributed by atoms with Crippen molar-refractivity contribution < 1.29 is 8.42 Å². The molecule has 0 unspecified atom stereocenters. The molecule has 1 N–H and O–H groups in total. The molecule has 0 fully saturated rings. The van der Waals surface area contributed by atoms with E-state index in [1.165, 1.54) is 0 Å². The second kappa shape index (κ2) is 7.21. The molecule has 0 heterocycles. The standard InChI is InChI=1S/C11H15Cl2NO2S/c12-7-3-4-8-17(15,16)14-9-10-5-1-2-6-11(10)13/h1-2,5-6,14H,3-4,7-9H2. The van der Waals surface area contributed by atoms with E-state index in [4.69, 9.17) is 23.2 Å². The predicted molar refractivity (Wildman–Crippen MR) is 72.0 cm³/mol. The van der Waals surface area contributed by atoms with Crippen molar-refractivity contribution in [3.63, 3.8) is 0 Å². The summed E-state index contributed by atoms with van der Waals surface area (Å²) in [5.74, 6) is 0.588. The molecule has 0 radical (unpaired) electrons. The molecule has 1 aromatic rings. The summed E-state index contributed by atoms with van der Waals surface area (Å²) in [6.07, 6.45) is 1.27. The third-order valence-electron chi connectivity index (χ3n) is 2.24. The van der Waals surface area contributed by atoms with Crippen LogP contribution in [-0.4, -0.2) is 20.1 Å². The molecule has 0 aliphatic carbocycles. The van der Waals surface area contributed by atoms with Gasteiger partial charge in [0.1, 0.15) is 0 Å². The van der Waals surface area contributed by atoms with Gasteiger partial charge in [0.05, 0.1) is 5.75 Å². The molecule has 0 amide bonds. The van der Waals surface area contributed by atoms with Gasteiger partial charge < -0.3 is 0 Å². The highest BCUT2D eigenvalue weighted by atomic mass is 35.5. The van der Waals surface area contributed by atoms with Crippen LogP contribution in [0.15, 0.2) is 24.3 Å². The quantitative estimate of drug-likeness (QED) is 0.621. The molecular weight excluding hydrogens is 281 g/mol. The molecule has 96 valence electrons. The minimum atomic E-state index is -3.24. The summed E-state index contributed by atoms with van der Waals surface area (Å²) < 4.78 is 25.7. The monoisotopic (exact) mass is 295 g/mol. The SMILES string of the molecule is O=S(=O)(CCCCCl)NCc1ccccc1Cl. The first-order chi connectivity index (χ1) is 8.05. The fourth-order valence-corrected chi connectivity index (χ4v) is 2.78. The Labute approximate surface area is 112 Å². The average Bonchev–Trinajstić information content (AvgIpc) is 2.28. The molecule has 0 aliphatic heterocycles. The highest BCUT2D eigenvalue weighted by Gasteiger charge is 2.10. The second-order valence-electron chi connectivity index (χ2n) is 3.63. The summed E-state index contributed by atoms with van der Waals surface area (Å²) in [6.45, 7) is 0.225. The van der Waals surface area contributed by atoms with E-state index < -0.39 is 10.0 Å². The molecule has 0 aromatic heterocycles. The number of nitrogens with one attached hydrogen (secondary N) is 1. The Morgan fingerprint density at radius 1 is 1.18 bits per heavy atom. The summed E-state index contributed by atoms with van der Waals surface area (Å²) in [6, 6.07) is 7.16. The van der Waals surface area contributed by atoms with E-state index in [0.717, 1.165) is 5.56 Å². The molecule has 3 nitrogen and oxygen atoms in total. The highest BCUT2D eigenvalue weighted by Crippen LogP contribution is 2.14. The summed E-state index contributed by atoms with van der Waals surface area (Å²) in [5.41, 5.74) is 0.773. The summed E-state index contributed by atoms with van der Waals surface area (Å²) in [4.78, 5) is 0. The van der Waals surface area contributed by atoms with E-state index in [9.17, 15) is 8.42 Å². The zero-order chi connectivity index (χ0) is 12.7. The maximum Gasteiger partial charge on any atom is 0.211 e. The van der Waals surface area contributed by atoms with Crippen LogP contribution in [-0.2, 0) is 16.6 Å². The molecule has 0 bridgehead atoms. The number of unbranched alkanes of at least 4 members (excludes halogenated alkanes) is 1. The Bertz CT molecular complexity index is 449. The van der Waals surface area contributed by atoms with Crippen molar-refractivity contribution in [1.82, 2.24) is 4.72 Å². The predicted octanol–water partition coefficient (Wildman–Crippen LogP) is 2.78. The molecule has 17 heavy (non-hydrogen) atoms. The largest absolute Gasteiger partial charge is 0.212 e. The first-order valence-electron chi connectivity index (χ1n) is 5.32. The van der Waals surface area contributed by atoms with Gasteiger partial charge >= 0.3 is 0 Å². The van der Waals surface area contributed by atoms with E-state index in [1.807, 2.05) is 6.07 Å². The van der Waals surface area contributed by atoms with E-state index >= 15 is 0 Å². The van der Waals surface area contributed by atoms with Crippen LogP contribution in [0.25, 0.3) is 0 Å². The number of sulfonamides is 1. The van der Waals surface area contributed by atoms with E-state index in [-0.39, 0.29) is 12.3 Å². The summed E-state index contributed by atoms with van der Waals surface area (Å²) in [7, 11) is -3.24. The lowest BCUT2D eigenvalue weighted by atomic mass is 10.2. The molecular formula is C11H15Cl2NO2S. The Morgan fingerprint density at radius 3 is 2.53 bits per heavy atom. The lowest BCUT2D eigenvalue weighted by molar-refractivity contribution is 0.578. The van der Waals surface area contributed by atoms with Gasteiger partial charge in [-0.05, 0) is 24.5 Å². The van der Waals surface area contributed by atoms with Crippen LogP contribution in [0.3, 0.4) is 0 Å². The first-order valence-corrected chi connectivity index (χ1v) is 7.88. The van der Waals surface area contributed by atoms with Gasteiger partial charge in [-0.1, -0.05) is 29.8 Å². The van der Waals surface area contributed by atoms with Crippen LogP contribution < -0.4 is 4.72 Å². The van der Waals surface area contributed by atoms with Crippen molar-refractivity contribution in [2.24, 2.45) is 0 Å². The van der Waals surface area contributed by atoms with Crippen molar-refractivity contribution in [2.75, 3.05) is 11.6 Å². The van der Waals surface area contributed by atoms with Crippen LogP contribution in [0, 0.1) is 0 Å². The van der Waals surface area contributed by atoms with Gasteiger partial charge in [-0.2, -0.15) is 0 Å². The molecule has 0 saturated heterocycles. The van der Waals surface area contributed by atoms with Crippen LogP contribution in [0.5, 0.6) is 0 Å². The number of alkyl halides is 1. The van der Waals surface area contributed by atoms with Crippen molar-refractivity contribution in [1.29, 1.82) is 0 Å². The molecule has 0 spiro atoms. The van der Waals surface area contributed by atoms with Gasteiger partial charge in [-0.3, -0.25) is 0 Å². The maximum absolute atomic E-state index is 11.6. The normalized spacial score (nSPS) is 11.6. The van der Waals surface area contributed by atoms with E-state index in [0.29, 0.717) is 23.7 Å². The van der Waals surface area contributed by atoms with Crippen LogP contribution >= 0.6 is 23.2 Å². The Morgan fingerprint density at radius 2 is 1.88 bits per heavy atom. The van der Waals surface area contributed by atoms with Crippen molar-refractivity contribution in [3.8, 4) is 0 Å². The number of hydrogen-bond acceptors (Lipinski definition) is 2. The van der Waals surface area contributed by atoms with Crippen LogP contribution in [0.1, 0.15) is 18.4 Å². The lowest BCUT2D eigenvalue weighted by Gasteiger charge is -2.07. The fraction of sp³-hybridized carbons (Fsp3) is 0.455. The first kappa shape index (κ1) is 14.8. The minimum absolute atomic E-state index is 0.101. The summed E-state index contributed by atoms with van der Waals surface area (Å²) >= 11 is 11.4. The van der Waals surface area contributed by atoms with E-state index in [2.05, 4.69) is 4.72 Å². The zero-order valence-corrected chi connectivity index (χ0v) is 11.7. The third-order valence-corrected chi connectivity index (χ3v) is 4.28. The Balaban J connectivity index is 2.47. The Hall–Kier alpha value is -0.290. The summed E-state index contributed by atoms with van der Waals surface area (Å²) in [5, 5.41) is 0.566. The topological polar surface area (TPSA) is 46.2 Å². The third kappa shape index (κ3) is 5.73. The van der Waals surface area contributed by atoms with Gasteiger partial charge in [-0.15, -0.1) is 11.6 Å². The van der Waals surface area contributed by atoms with Crippen LogP contribution in [0.4, 0.5) is 0 Å². The number of rotatable bonds is 7. The number of halogens is 2. The zero-order valence-electron chi connectivity index (χ0n) is 9.33. The van der Waals surface area contributed by atoms with Gasteiger partial charge in [0.25, 0.3) is 0 Å². The Kier molecular flexibility index (Phi) is 6.27. The second-order valence-corrected chi connectivity index (χ2v) is 6.34. The van der Waals surface area contributed by atoms with Gasteiger partial charge in [-0.25, -0.2) is 13.1 Å². The van der Waals surface area contributed by atoms with Crippen molar-refractivity contribution >= 4 is 33.2 Å². The van der Waals surface area contributed by atoms with Crippen molar-refractivity contribution in [2.45, 2.75) is 19.4 Å². The fourth-order valence-electron chi connectivity index (χ4n) is 1.29.